The van der Waals surface area contributed by atoms with Crippen molar-refractivity contribution < 1.29 is 19.1 Å². The molecule has 1 saturated heterocycles. The minimum absolute atomic E-state index is 0.00683. The number of benzene rings is 1. The summed E-state index contributed by atoms with van der Waals surface area (Å²) in [7, 11) is 0. The Morgan fingerprint density at radius 1 is 1.43 bits per heavy atom. The fourth-order valence-corrected chi connectivity index (χ4v) is 2.40. The number of ether oxygens (including phenoxy) is 2. The quantitative estimate of drug-likeness (QED) is 0.767. The first-order chi connectivity index (χ1) is 11.1. The van der Waals surface area contributed by atoms with Gasteiger partial charge >= 0.3 is 0 Å². The summed E-state index contributed by atoms with van der Waals surface area (Å²) in [5.41, 5.74) is 6.13. The van der Waals surface area contributed by atoms with E-state index in [-0.39, 0.29) is 18.2 Å². The van der Waals surface area contributed by atoms with E-state index in [4.69, 9.17) is 15.2 Å². The monoisotopic (exact) mass is 321 g/mol. The van der Waals surface area contributed by atoms with Gasteiger partial charge in [-0.05, 0) is 31.2 Å². The van der Waals surface area contributed by atoms with Gasteiger partial charge in [0.1, 0.15) is 11.9 Å². The number of nitrogens with zero attached hydrogens (tertiary/aromatic N) is 1. The molecule has 1 aliphatic heterocycles. The zero-order chi connectivity index (χ0) is 16.7. The van der Waals surface area contributed by atoms with Gasteiger partial charge in [0.2, 0.25) is 5.91 Å². The molecule has 126 valence electrons. The third kappa shape index (κ3) is 4.94. The Morgan fingerprint density at radius 2 is 2.17 bits per heavy atom. The first kappa shape index (κ1) is 17.2. The highest BCUT2D eigenvalue weighted by atomic mass is 16.5. The van der Waals surface area contributed by atoms with Crippen molar-refractivity contribution in [2.45, 2.75) is 19.4 Å². The molecule has 0 unspecified atom stereocenters. The van der Waals surface area contributed by atoms with Crippen LogP contribution < -0.4 is 15.8 Å². The molecule has 0 aliphatic carbocycles. The molecule has 7 nitrogen and oxygen atoms in total. The number of nitrogens with two attached hydrogens (primary N) is 1. The van der Waals surface area contributed by atoms with Crippen LogP contribution in [0.15, 0.2) is 24.3 Å². The van der Waals surface area contributed by atoms with E-state index < -0.39 is 6.10 Å². The second-order valence-corrected chi connectivity index (χ2v) is 5.18. The summed E-state index contributed by atoms with van der Waals surface area (Å²) in [5.74, 6) is 0.305. The van der Waals surface area contributed by atoms with Gasteiger partial charge in [-0.3, -0.25) is 9.59 Å². The SMILES string of the molecule is CCOc1ccc(NC(=O)C[C@@H]2OCCN(CCN)C2=O)cc1. The highest BCUT2D eigenvalue weighted by Gasteiger charge is 2.30. The smallest absolute Gasteiger partial charge is 0.252 e. The molecule has 1 atom stereocenters. The lowest BCUT2D eigenvalue weighted by atomic mass is 10.1. The summed E-state index contributed by atoms with van der Waals surface area (Å²) in [4.78, 5) is 25.9. The maximum Gasteiger partial charge on any atom is 0.252 e. The van der Waals surface area contributed by atoms with E-state index in [2.05, 4.69) is 5.32 Å². The van der Waals surface area contributed by atoms with E-state index in [0.717, 1.165) is 5.75 Å². The topological polar surface area (TPSA) is 93.9 Å². The Hall–Kier alpha value is -2.12. The number of amides is 2. The summed E-state index contributed by atoms with van der Waals surface area (Å²) >= 11 is 0. The number of hydrogen-bond donors (Lipinski definition) is 2. The van der Waals surface area contributed by atoms with Crippen LogP contribution in [0.25, 0.3) is 0 Å². The minimum atomic E-state index is -0.738. The predicted molar refractivity (Wildman–Crippen MR) is 86.2 cm³/mol. The lowest BCUT2D eigenvalue weighted by Gasteiger charge is -2.31. The number of rotatable bonds is 7. The number of anilines is 1. The summed E-state index contributed by atoms with van der Waals surface area (Å²) in [5, 5.41) is 2.76. The van der Waals surface area contributed by atoms with Crippen LogP contribution in [0.5, 0.6) is 5.75 Å². The fourth-order valence-electron chi connectivity index (χ4n) is 2.40. The van der Waals surface area contributed by atoms with Crippen molar-refractivity contribution in [3.63, 3.8) is 0 Å². The second kappa shape index (κ2) is 8.50. The Bertz CT molecular complexity index is 531. The fraction of sp³-hybridized carbons (Fsp3) is 0.500. The Kier molecular flexibility index (Phi) is 6.37. The van der Waals surface area contributed by atoms with Crippen LogP contribution >= 0.6 is 0 Å². The molecule has 0 radical (unpaired) electrons. The van der Waals surface area contributed by atoms with Crippen LogP contribution in [0.4, 0.5) is 5.69 Å². The second-order valence-electron chi connectivity index (χ2n) is 5.18. The molecule has 0 bridgehead atoms. The number of hydrogen-bond acceptors (Lipinski definition) is 5. The van der Waals surface area contributed by atoms with Gasteiger partial charge < -0.3 is 25.4 Å². The summed E-state index contributed by atoms with van der Waals surface area (Å²) in [6.45, 7) is 4.33. The normalized spacial score (nSPS) is 17.9. The molecule has 1 aliphatic rings. The van der Waals surface area contributed by atoms with Crippen molar-refractivity contribution in [1.82, 2.24) is 4.90 Å². The van der Waals surface area contributed by atoms with E-state index in [0.29, 0.717) is 38.5 Å². The average molecular weight is 321 g/mol. The largest absolute Gasteiger partial charge is 0.494 e. The van der Waals surface area contributed by atoms with Gasteiger partial charge in [-0.15, -0.1) is 0 Å². The number of nitrogens with one attached hydrogen (secondary N) is 1. The maximum atomic E-state index is 12.2. The molecule has 0 spiro atoms. The maximum absolute atomic E-state index is 12.2. The van der Waals surface area contributed by atoms with E-state index in [9.17, 15) is 9.59 Å². The molecule has 1 aromatic carbocycles. The molecule has 3 N–H and O–H groups in total. The lowest BCUT2D eigenvalue weighted by molar-refractivity contribution is -0.154. The van der Waals surface area contributed by atoms with Gasteiger partial charge in [0.05, 0.1) is 19.6 Å². The van der Waals surface area contributed by atoms with Gasteiger partial charge in [-0.25, -0.2) is 0 Å². The standard InChI is InChI=1S/C16H23N3O4/c1-2-22-13-5-3-12(4-6-13)18-15(20)11-14-16(21)19(8-7-17)9-10-23-14/h3-6,14H,2,7-11,17H2,1H3,(H,18,20)/t14-/m0/s1. The Morgan fingerprint density at radius 3 is 2.83 bits per heavy atom. The van der Waals surface area contributed by atoms with Crippen molar-refractivity contribution in [2.24, 2.45) is 5.73 Å². The lowest BCUT2D eigenvalue weighted by Crippen LogP contribution is -2.50. The Balaban J connectivity index is 1.87. The minimum Gasteiger partial charge on any atom is -0.494 e. The first-order valence-corrected chi connectivity index (χ1v) is 7.77. The van der Waals surface area contributed by atoms with Crippen molar-refractivity contribution in [3.05, 3.63) is 24.3 Å². The van der Waals surface area contributed by atoms with Gasteiger partial charge in [-0.1, -0.05) is 0 Å². The van der Waals surface area contributed by atoms with Crippen molar-refractivity contribution >= 4 is 17.5 Å². The highest BCUT2D eigenvalue weighted by Crippen LogP contribution is 2.17. The van der Waals surface area contributed by atoms with Crippen LogP contribution in [0.3, 0.4) is 0 Å². The third-order valence-electron chi connectivity index (χ3n) is 3.49. The van der Waals surface area contributed by atoms with E-state index in [1.165, 1.54) is 0 Å². The van der Waals surface area contributed by atoms with E-state index >= 15 is 0 Å². The van der Waals surface area contributed by atoms with Gasteiger partial charge in [0, 0.05) is 25.3 Å². The average Bonchev–Trinajstić information content (AvgIpc) is 2.53. The van der Waals surface area contributed by atoms with E-state index in [1.807, 2.05) is 6.92 Å². The van der Waals surface area contributed by atoms with E-state index in [1.54, 1.807) is 29.2 Å². The molecule has 0 saturated carbocycles. The van der Waals surface area contributed by atoms with Gasteiger partial charge in [0.25, 0.3) is 5.91 Å². The van der Waals surface area contributed by atoms with Crippen molar-refractivity contribution in [2.75, 3.05) is 38.2 Å². The molecular weight excluding hydrogens is 298 g/mol. The molecule has 1 heterocycles. The van der Waals surface area contributed by atoms with Crippen LogP contribution in [0.2, 0.25) is 0 Å². The first-order valence-electron chi connectivity index (χ1n) is 7.77. The molecule has 1 aromatic rings. The molecular formula is C16H23N3O4. The predicted octanol–water partition coefficient (Wildman–Crippen LogP) is 0.600. The zero-order valence-corrected chi connectivity index (χ0v) is 13.3. The zero-order valence-electron chi connectivity index (χ0n) is 13.3. The van der Waals surface area contributed by atoms with Crippen LogP contribution in [-0.2, 0) is 14.3 Å². The van der Waals surface area contributed by atoms with Crippen LogP contribution in [0, 0.1) is 0 Å². The van der Waals surface area contributed by atoms with Crippen molar-refractivity contribution in [1.29, 1.82) is 0 Å². The van der Waals surface area contributed by atoms with Gasteiger partial charge in [0.15, 0.2) is 0 Å². The number of carbonyl (C=O) groups is 2. The molecule has 0 aromatic heterocycles. The summed E-state index contributed by atoms with van der Waals surface area (Å²) < 4.78 is 10.8. The molecule has 1 fully saturated rings. The van der Waals surface area contributed by atoms with Gasteiger partial charge in [-0.2, -0.15) is 0 Å². The molecule has 2 amide bonds. The third-order valence-corrected chi connectivity index (χ3v) is 3.49. The number of morpholine rings is 1. The number of carbonyl (C=O) groups excluding carboxylic acids is 2. The summed E-state index contributed by atoms with van der Waals surface area (Å²) in [6, 6.07) is 7.08. The molecule has 23 heavy (non-hydrogen) atoms. The highest BCUT2D eigenvalue weighted by molar-refractivity contribution is 5.95. The summed E-state index contributed by atoms with van der Waals surface area (Å²) in [6.07, 6.45) is -0.745. The van der Waals surface area contributed by atoms with Crippen molar-refractivity contribution in [3.8, 4) is 5.75 Å². The Labute approximate surface area is 135 Å². The van der Waals surface area contributed by atoms with Crippen LogP contribution in [0.1, 0.15) is 13.3 Å². The van der Waals surface area contributed by atoms with Crippen LogP contribution in [-0.4, -0.2) is 55.7 Å². The molecule has 2 rings (SSSR count). The molecule has 7 heteroatoms.